The second kappa shape index (κ2) is 6.11. The second-order valence-electron chi connectivity index (χ2n) is 5.24. The number of sulfone groups is 1. The first kappa shape index (κ1) is 15.9. The molecule has 1 fully saturated rings. The average molecular weight is 316 g/mol. The molecule has 1 N–H and O–H groups in total. The van der Waals surface area contributed by atoms with E-state index in [1.54, 1.807) is 0 Å². The monoisotopic (exact) mass is 316 g/mol. The molecule has 7 heteroatoms. The largest absolute Gasteiger partial charge is 0.478 e. The minimum atomic E-state index is -3.64. The Balaban J connectivity index is 2.33. The predicted octanol–water partition coefficient (Wildman–Crippen LogP) is 2.03. The van der Waals surface area contributed by atoms with Crippen LogP contribution in [0.5, 0.6) is 0 Å². The van der Waals surface area contributed by atoms with E-state index < -0.39 is 27.2 Å². The molecule has 1 aliphatic rings. The molecule has 5 nitrogen and oxygen atoms in total. The zero-order chi connectivity index (χ0) is 15.6. The molecule has 0 bridgehead atoms. The van der Waals surface area contributed by atoms with E-state index in [0.717, 1.165) is 6.07 Å². The van der Waals surface area contributed by atoms with Gasteiger partial charge in [-0.25, -0.2) is 17.6 Å². The number of ether oxygens (including phenoxy) is 1. The van der Waals surface area contributed by atoms with Crippen molar-refractivity contribution in [2.45, 2.75) is 24.7 Å². The van der Waals surface area contributed by atoms with E-state index in [0.29, 0.717) is 26.1 Å². The maximum Gasteiger partial charge on any atom is 0.338 e. The molecule has 0 saturated carbocycles. The second-order valence-corrected chi connectivity index (χ2v) is 7.28. The van der Waals surface area contributed by atoms with Crippen LogP contribution in [-0.4, -0.2) is 38.5 Å². The Labute approximate surface area is 122 Å². The van der Waals surface area contributed by atoms with Crippen molar-refractivity contribution in [1.82, 2.24) is 0 Å². The highest BCUT2D eigenvalue weighted by Crippen LogP contribution is 2.24. The maximum absolute atomic E-state index is 13.7. The third-order valence-electron chi connectivity index (χ3n) is 3.61. The molecule has 0 aromatic heterocycles. The highest BCUT2D eigenvalue weighted by molar-refractivity contribution is 7.91. The highest BCUT2D eigenvalue weighted by Gasteiger charge is 2.26. The molecular formula is C14H17FO5S. The number of carbonyl (C=O) groups is 1. The fraction of sp³-hybridized carbons (Fsp3) is 0.500. The summed E-state index contributed by atoms with van der Waals surface area (Å²) in [5.41, 5.74) is -0.596. The van der Waals surface area contributed by atoms with Gasteiger partial charge in [0, 0.05) is 13.2 Å². The standard InChI is InChI=1S/C14H17FO5S/c1-9-6-11(7-12(13(9)15)14(16)17)21(18,19)8-10-2-4-20-5-3-10/h6-7,10H,2-5,8H2,1H3,(H,16,17). The van der Waals surface area contributed by atoms with Crippen molar-refractivity contribution in [2.75, 3.05) is 19.0 Å². The van der Waals surface area contributed by atoms with E-state index in [-0.39, 0.29) is 22.1 Å². The summed E-state index contributed by atoms with van der Waals surface area (Å²) in [4.78, 5) is 10.9. The van der Waals surface area contributed by atoms with Gasteiger partial charge in [-0.3, -0.25) is 0 Å². The van der Waals surface area contributed by atoms with Crippen LogP contribution >= 0.6 is 0 Å². The first-order chi connectivity index (χ1) is 9.81. The van der Waals surface area contributed by atoms with Crippen molar-refractivity contribution in [2.24, 2.45) is 5.92 Å². The number of hydrogen-bond donors (Lipinski definition) is 1. The zero-order valence-corrected chi connectivity index (χ0v) is 12.5. The summed E-state index contributed by atoms with van der Waals surface area (Å²) in [5.74, 6) is -2.45. The van der Waals surface area contributed by atoms with Crippen LogP contribution in [0.3, 0.4) is 0 Å². The van der Waals surface area contributed by atoms with Crippen molar-refractivity contribution < 1.29 is 27.4 Å². The van der Waals surface area contributed by atoms with E-state index in [1.165, 1.54) is 13.0 Å². The lowest BCUT2D eigenvalue weighted by atomic mass is 10.0. The van der Waals surface area contributed by atoms with Crippen LogP contribution in [0, 0.1) is 18.7 Å². The van der Waals surface area contributed by atoms with Gasteiger partial charge in [-0.05, 0) is 43.4 Å². The molecule has 116 valence electrons. The average Bonchev–Trinajstić information content (AvgIpc) is 2.41. The molecular weight excluding hydrogens is 299 g/mol. The van der Waals surface area contributed by atoms with Gasteiger partial charge in [-0.15, -0.1) is 0 Å². The third-order valence-corrected chi connectivity index (χ3v) is 5.48. The number of benzene rings is 1. The molecule has 1 saturated heterocycles. The summed E-state index contributed by atoms with van der Waals surface area (Å²) < 4.78 is 43.6. The summed E-state index contributed by atoms with van der Waals surface area (Å²) in [5, 5.41) is 8.95. The van der Waals surface area contributed by atoms with Crippen molar-refractivity contribution in [3.8, 4) is 0 Å². The Kier molecular flexibility index (Phi) is 4.63. The van der Waals surface area contributed by atoms with Crippen molar-refractivity contribution >= 4 is 15.8 Å². The number of aryl methyl sites for hydroxylation is 1. The van der Waals surface area contributed by atoms with Gasteiger partial charge < -0.3 is 9.84 Å². The van der Waals surface area contributed by atoms with E-state index in [1.807, 2.05) is 0 Å². The molecule has 0 atom stereocenters. The Morgan fingerprint density at radius 3 is 2.57 bits per heavy atom. The summed E-state index contributed by atoms with van der Waals surface area (Å²) in [7, 11) is -3.64. The minimum absolute atomic E-state index is 0.0117. The highest BCUT2D eigenvalue weighted by atomic mass is 32.2. The normalized spacial score (nSPS) is 16.9. The minimum Gasteiger partial charge on any atom is -0.478 e. The molecule has 0 unspecified atom stereocenters. The summed E-state index contributed by atoms with van der Waals surface area (Å²) in [6, 6.07) is 2.09. The number of carboxylic acid groups (broad SMARTS) is 1. The quantitative estimate of drug-likeness (QED) is 0.860. The summed E-state index contributed by atoms with van der Waals surface area (Å²) in [6.45, 7) is 2.42. The van der Waals surface area contributed by atoms with Gasteiger partial charge >= 0.3 is 5.97 Å². The van der Waals surface area contributed by atoms with Crippen LogP contribution in [0.1, 0.15) is 28.8 Å². The zero-order valence-electron chi connectivity index (χ0n) is 11.6. The van der Waals surface area contributed by atoms with Crippen LogP contribution in [0.25, 0.3) is 0 Å². The van der Waals surface area contributed by atoms with E-state index in [4.69, 9.17) is 9.84 Å². The molecule has 0 radical (unpaired) electrons. The Morgan fingerprint density at radius 2 is 2.00 bits per heavy atom. The lowest BCUT2D eigenvalue weighted by Gasteiger charge is -2.21. The van der Waals surface area contributed by atoms with Crippen molar-refractivity contribution in [1.29, 1.82) is 0 Å². The van der Waals surface area contributed by atoms with E-state index in [9.17, 15) is 17.6 Å². The van der Waals surface area contributed by atoms with Crippen LogP contribution in [0.15, 0.2) is 17.0 Å². The number of aromatic carboxylic acids is 1. The Hall–Kier alpha value is -1.47. The predicted molar refractivity (Wildman–Crippen MR) is 73.7 cm³/mol. The molecule has 2 rings (SSSR count). The van der Waals surface area contributed by atoms with Gasteiger partial charge in [-0.2, -0.15) is 0 Å². The lowest BCUT2D eigenvalue weighted by molar-refractivity contribution is 0.0691. The van der Waals surface area contributed by atoms with Gasteiger partial charge in [0.2, 0.25) is 0 Å². The summed E-state index contributed by atoms with van der Waals surface area (Å²) in [6.07, 6.45) is 1.32. The molecule has 0 amide bonds. The molecule has 1 heterocycles. The molecule has 1 aliphatic heterocycles. The van der Waals surface area contributed by atoms with Gasteiger partial charge in [-0.1, -0.05) is 0 Å². The number of rotatable bonds is 4. The van der Waals surface area contributed by atoms with Gasteiger partial charge in [0.15, 0.2) is 9.84 Å². The molecule has 21 heavy (non-hydrogen) atoms. The fourth-order valence-electron chi connectivity index (χ4n) is 2.39. The molecule has 1 aromatic carbocycles. The number of halogens is 1. The van der Waals surface area contributed by atoms with E-state index >= 15 is 0 Å². The van der Waals surface area contributed by atoms with Crippen molar-refractivity contribution in [3.05, 3.63) is 29.1 Å². The topological polar surface area (TPSA) is 80.7 Å². The first-order valence-electron chi connectivity index (χ1n) is 6.65. The number of carboxylic acids is 1. The van der Waals surface area contributed by atoms with Gasteiger partial charge in [0.05, 0.1) is 16.2 Å². The Bertz CT molecular complexity index is 648. The van der Waals surface area contributed by atoms with Gasteiger partial charge in [0.1, 0.15) is 5.82 Å². The van der Waals surface area contributed by atoms with Crippen LogP contribution in [0.2, 0.25) is 0 Å². The smallest absolute Gasteiger partial charge is 0.338 e. The van der Waals surface area contributed by atoms with E-state index in [2.05, 4.69) is 0 Å². The lowest BCUT2D eigenvalue weighted by Crippen LogP contribution is -2.24. The third kappa shape index (κ3) is 3.59. The fourth-order valence-corrected chi connectivity index (χ4v) is 4.19. The van der Waals surface area contributed by atoms with Crippen LogP contribution < -0.4 is 0 Å². The Morgan fingerprint density at radius 1 is 1.38 bits per heavy atom. The first-order valence-corrected chi connectivity index (χ1v) is 8.30. The molecule has 1 aromatic rings. The van der Waals surface area contributed by atoms with Crippen molar-refractivity contribution in [3.63, 3.8) is 0 Å². The summed E-state index contributed by atoms with van der Waals surface area (Å²) >= 11 is 0. The maximum atomic E-state index is 13.7. The van der Waals surface area contributed by atoms with Crippen LogP contribution in [0.4, 0.5) is 4.39 Å². The molecule has 0 aliphatic carbocycles. The molecule has 0 spiro atoms. The number of hydrogen-bond acceptors (Lipinski definition) is 4. The van der Waals surface area contributed by atoms with Gasteiger partial charge in [0.25, 0.3) is 0 Å². The van der Waals surface area contributed by atoms with Crippen LogP contribution in [-0.2, 0) is 14.6 Å². The SMILES string of the molecule is Cc1cc(S(=O)(=O)CC2CCOCC2)cc(C(=O)O)c1F.